The van der Waals surface area contributed by atoms with Gasteiger partial charge in [-0.25, -0.2) is 0 Å². The fourth-order valence-electron chi connectivity index (χ4n) is 2.41. The highest BCUT2D eigenvalue weighted by molar-refractivity contribution is 9.11. The van der Waals surface area contributed by atoms with Crippen LogP contribution >= 0.6 is 43.5 Å². The van der Waals surface area contributed by atoms with Gasteiger partial charge in [0.15, 0.2) is 13.2 Å². The van der Waals surface area contributed by atoms with Crippen molar-refractivity contribution < 1.29 is 19.1 Å². The number of halogens is 3. The predicted molar refractivity (Wildman–Crippen MR) is 118 cm³/mol. The molecule has 0 atom stereocenters. The van der Waals surface area contributed by atoms with Gasteiger partial charge in [0.1, 0.15) is 11.5 Å². The molecule has 0 unspecified atom stereocenters. The number of nitrogens with one attached hydrogen (secondary N) is 2. The molecular weight excluding hydrogens is 527 g/mol. The average Bonchev–Trinajstić information content (AvgIpc) is 2.71. The fraction of sp³-hybridized carbons (Fsp3) is 0.100. The quantitative estimate of drug-likeness (QED) is 0.446. The third-order valence-corrected chi connectivity index (χ3v) is 5.40. The summed E-state index contributed by atoms with van der Waals surface area (Å²) in [7, 11) is 0. The van der Waals surface area contributed by atoms with E-state index in [0.29, 0.717) is 16.5 Å². The minimum absolute atomic E-state index is 0.272. The maximum atomic E-state index is 11.9. The van der Waals surface area contributed by atoms with Gasteiger partial charge in [-0.15, -0.1) is 0 Å². The summed E-state index contributed by atoms with van der Waals surface area (Å²) in [6, 6.07) is 16.3. The van der Waals surface area contributed by atoms with Crippen LogP contribution < -0.4 is 20.3 Å². The Morgan fingerprint density at radius 3 is 2.21 bits per heavy atom. The number of hydrogen-bond donors (Lipinski definition) is 2. The van der Waals surface area contributed by atoms with Crippen LogP contribution in [0.25, 0.3) is 10.8 Å². The molecule has 0 fully saturated rings. The maximum Gasteiger partial charge on any atom is 0.276 e. The Balaban J connectivity index is 1.47. The van der Waals surface area contributed by atoms with E-state index in [2.05, 4.69) is 42.7 Å². The lowest BCUT2D eigenvalue weighted by atomic mass is 10.1. The number of para-hydroxylation sites is 1. The van der Waals surface area contributed by atoms with Crippen LogP contribution in [0.4, 0.5) is 0 Å². The van der Waals surface area contributed by atoms with E-state index in [4.69, 9.17) is 21.1 Å². The van der Waals surface area contributed by atoms with Gasteiger partial charge < -0.3 is 9.47 Å². The van der Waals surface area contributed by atoms with Gasteiger partial charge in [0, 0.05) is 4.47 Å². The molecule has 3 aromatic carbocycles. The highest BCUT2D eigenvalue weighted by Crippen LogP contribution is 2.34. The van der Waals surface area contributed by atoms with Gasteiger partial charge in [0.05, 0.1) is 9.50 Å². The zero-order chi connectivity index (χ0) is 20.8. The molecule has 0 aromatic heterocycles. The van der Waals surface area contributed by atoms with Crippen molar-refractivity contribution in [2.45, 2.75) is 0 Å². The summed E-state index contributed by atoms with van der Waals surface area (Å²) >= 11 is 12.9. The molecule has 0 saturated heterocycles. The Bertz CT molecular complexity index is 1060. The standard InChI is InChI=1S/C20H15Br2ClN2O4/c21-13-6-7-14-12(9-13)5-8-17(20(14)22)29-11-19(27)25-24-18(26)10-28-16-4-2-1-3-15(16)23/h1-9H,10-11H2,(H,24,26)(H,25,27). The van der Waals surface area contributed by atoms with Gasteiger partial charge in [0.25, 0.3) is 11.8 Å². The van der Waals surface area contributed by atoms with Gasteiger partial charge in [-0.05, 0) is 57.0 Å². The molecule has 6 nitrogen and oxygen atoms in total. The summed E-state index contributed by atoms with van der Waals surface area (Å²) in [5, 5.41) is 2.37. The lowest BCUT2D eigenvalue weighted by molar-refractivity contribution is -0.131. The summed E-state index contributed by atoms with van der Waals surface area (Å²) in [4.78, 5) is 23.7. The van der Waals surface area contributed by atoms with Crippen LogP contribution in [-0.4, -0.2) is 25.0 Å². The van der Waals surface area contributed by atoms with Gasteiger partial charge in [-0.2, -0.15) is 0 Å². The zero-order valence-electron chi connectivity index (χ0n) is 14.9. The first-order valence-electron chi connectivity index (χ1n) is 8.39. The number of rotatable bonds is 6. The molecule has 29 heavy (non-hydrogen) atoms. The van der Waals surface area contributed by atoms with Crippen LogP contribution in [0.15, 0.2) is 63.5 Å². The van der Waals surface area contributed by atoms with Crippen molar-refractivity contribution in [3.63, 3.8) is 0 Å². The van der Waals surface area contributed by atoms with Crippen molar-refractivity contribution in [3.05, 3.63) is 68.6 Å². The summed E-state index contributed by atoms with van der Waals surface area (Å²) < 4.78 is 12.5. The number of fused-ring (bicyclic) bond motifs is 1. The predicted octanol–water partition coefficient (Wildman–Crippen LogP) is 4.62. The Morgan fingerprint density at radius 2 is 1.52 bits per heavy atom. The second-order valence-corrected chi connectivity index (χ2v) is 7.96. The first-order chi connectivity index (χ1) is 13.9. The fourth-order valence-corrected chi connectivity index (χ4v) is 3.59. The van der Waals surface area contributed by atoms with Crippen LogP contribution in [-0.2, 0) is 9.59 Å². The van der Waals surface area contributed by atoms with Crippen molar-refractivity contribution in [1.82, 2.24) is 10.9 Å². The minimum atomic E-state index is -0.532. The third kappa shape index (κ3) is 5.85. The highest BCUT2D eigenvalue weighted by Gasteiger charge is 2.11. The SMILES string of the molecule is O=C(COc1ccccc1Cl)NNC(=O)COc1ccc2cc(Br)ccc2c1Br. The van der Waals surface area contributed by atoms with E-state index < -0.39 is 11.8 Å². The summed E-state index contributed by atoms with van der Waals surface area (Å²) in [6.45, 7) is -0.567. The lowest BCUT2D eigenvalue weighted by Crippen LogP contribution is -2.45. The molecule has 150 valence electrons. The minimum Gasteiger partial charge on any atom is -0.483 e. The smallest absolute Gasteiger partial charge is 0.276 e. The van der Waals surface area contributed by atoms with Gasteiger partial charge in [0.2, 0.25) is 0 Å². The van der Waals surface area contributed by atoms with Crippen LogP contribution in [0, 0.1) is 0 Å². The molecule has 0 bridgehead atoms. The molecule has 0 saturated carbocycles. The van der Waals surface area contributed by atoms with Gasteiger partial charge in [-0.1, -0.05) is 51.8 Å². The van der Waals surface area contributed by atoms with Crippen molar-refractivity contribution in [3.8, 4) is 11.5 Å². The molecule has 3 aromatic rings. The topological polar surface area (TPSA) is 76.7 Å². The highest BCUT2D eigenvalue weighted by atomic mass is 79.9. The van der Waals surface area contributed by atoms with Crippen molar-refractivity contribution in [2.75, 3.05) is 13.2 Å². The molecule has 0 radical (unpaired) electrons. The molecule has 9 heteroatoms. The molecule has 2 amide bonds. The number of amides is 2. The van der Waals surface area contributed by atoms with Crippen molar-refractivity contribution in [1.29, 1.82) is 0 Å². The molecule has 3 rings (SSSR count). The Morgan fingerprint density at radius 1 is 0.862 bits per heavy atom. The van der Waals surface area contributed by atoms with E-state index in [-0.39, 0.29) is 13.2 Å². The average molecular weight is 543 g/mol. The third-order valence-electron chi connectivity index (χ3n) is 3.78. The zero-order valence-corrected chi connectivity index (χ0v) is 18.8. The first kappa shape index (κ1) is 21.4. The van der Waals surface area contributed by atoms with E-state index in [1.807, 2.05) is 24.3 Å². The van der Waals surface area contributed by atoms with Gasteiger partial charge in [-0.3, -0.25) is 20.4 Å². The van der Waals surface area contributed by atoms with E-state index in [0.717, 1.165) is 19.7 Å². The number of carbonyl (C=O) groups is 2. The number of benzene rings is 3. The number of carbonyl (C=O) groups excluding carboxylic acids is 2. The van der Waals surface area contributed by atoms with Crippen molar-refractivity contribution in [2.24, 2.45) is 0 Å². The largest absolute Gasteiger partial charge is 0.483 e. The molecule has 0 spiro atoms. The molecule has 0 aliphatic carbocycles. The normalized spacial score (nSPS) is 10.4. The Kier molecular flexibility index (Phi) is 7.35. The van der Waals surface area contributed by atoms with Crippen LogP contribution in [0.5, 0.6) is 11.5 Å². The van der Waals surface area contributed by atoms with Gasteiger partial charge >= 0.3 is 0 Å². The Labute approximate surface area is 188 Å². The van der Waals surface area contributed by atoms with Crippen molar-refractivity contribution >= 4 is 66.0 Å². The summed E-state index contributed by atoms with van der Waals surface area (Å²) in [6.07, 6.45) is 0. The molecule has 0 heterocycles. The second-order valence-electron chi connectivity index (χ2n) is 5.85. The molecule has 2 N–H and O–H groups in total. The first-order valence-corrected chi connectivity index (χ1v) is 10.4. The Hall–Kier alpha value is -2.29. The number of ether oxygens (including phenoxy) is 2. The van der Waals surface area contributed by atoms with E-state index in [1.165, 1.54) is 0 Å². The number of hydrogen-bond acceptors (Lipinski definition) is 4. The maximum absolute atomic E-state index is 11.9. The summed E-state index contributed by atoms with van der Waals surface area (Å²) in [5.41, 5.74) is 4.53. The van der Waals surface area contributed by atoms with Crippen LogP contribution in [0.1, 0.15) is 0 Å². The van der Waals surface area contributed by atoms with E-state index in [9.17, 15) is 9.59 Å². The second kappa shape index (κ2) is 9.96. The van der Waals surface area contributed by atoms with Crippen LogP contribution in [0.2, 0.25) is 5.02 Å². The molecular formula is C20H15Br2ClN2O4. The molecule has 0 aliphatic rings. The summed E-state index contributed by atoms with van der Waals surface area (Å²) in [5.74, 6) is -0.148. The molecule has 0 aliphatic heterocycles. The monoisotopic (exact) mass is 540 g/mol. The lowest BCUT2D eigenvalue weighted by Gasteiger charge is -2.12. The van der Waals surface area contributed by atoms with Crippen LogP contribution in [0.3, 0.4) is 0 Å². The van der Waals surface area contributed by atoms with E-state index >= 15 is 0 Å². The number of hydrazine groups is 1. The van der Waals surface area contributed by atoms with E-state index in [1.54, 1.807) is 30.3 Å².